The van der Waals surface area contributed by atoms with Gasteiger partial charge in [0.1, 0.15) is 12.1 Å². The summed E-state index contributed by atoms with van der Waals surface area (Å²) in [6.45, 7) is 0. The van der Waals surface area contributed by atoms with Gasteiger partial charge in [0.15, 0.2) is 0 Å². The summed E-state index contributed by atoms with van der Waals surface area (Å²) in [5.41, 5.74) is 1.36. The smallest absolute Gasteiger partial charge is 0.305 e. The van der Waals surface area contributed by atoms with Crippen LogP contribution in [0.2, 0.25) is 0 Å². The fourth-order valence-electron chi connectivity index (χ4n) is 1.48. The third-order valence-electron chi connectivity index (χ3n) is 2.46. The molecule has 0 aliphatic carbocycles. The van der Waals surface area contributed by atoms with Crippen molar-refractivity contribution in [2.45, 2.75) is 12.8 Å². The first-order chi connectivity index (χ1) is 8.69. The molecule has 4 nitrogen and oxygen atoms in total. The van der Waals surface area contributed by atoms with Crippen LogP contribution in [-0.2, 0) is 16.0 Å². The Labute approximate surface area is 103 Å². The first kappa shape index (κ1) is 12.3. The highest BCUT2D eigenvalue weighted by atomic mass is 19.1. The number of aryl methyl sites for hydroxylation is 1. The zero-order valence-corrected chi connectivity index (χ0v) is 9.85. The van der Waals surface area contributed by atoms with Crippen molar-refractivity contribution in [2.75, 3.05) is 7.11 Å². The van der Waals surface area contributed by atoms with E-state index in [-0.39, 0.29) is 18.2 Å². The lowest BCUT2D eigenvalue weighted by molar-refractivity contribution is -0.140. The van der Waals surface area contributed by atoms with Crippen molar-refractivity contribution < 1.29 is 18.3 Å². The number of carbonyl (C=O) groups excluding carboxylic acids is 1. The molecule has 0 N–H and O–H groups in total. The molecule has 0 atom stereocenters. The minimum atomic E-state index is -0.309. The number of rotatable bonds is 4. The van der Waals surface area contributed by atoms with Gasteiger partial charge in [-0.1, -0.05) is 0 Å². The van der Waals surface area contributed by atoms with E-state index in [0.29, 0.717) is 23.6 Å². The molecule has 1 aromatic heterocycles. The molecule has 5 heteroatoms. The zero-order chi connectivity index (χ0) is 13.0. The van der Waals surface area contributed by atoms with Gasteiger partial charge in [0.25, 0.3) is 0 Å². The van der Waals surface area contributed by atoms with Gasteiger partial charge in [-0.05, 0) is 24.3 Å². The zero-order valence-electron chi connectivity index (χ0n) is 9.85. The van der Waals surface area contributed by atoms with Gasteiger partial charge >= 0.3 is 5.97 Å². The standard InChI is InChI=1S/C13H12FNO3/c1-17-12(16)7-6-11-8-18-13(15-11)9-2-4-10(14)5-3-9/h2-5,8H,6-7H2,1H3. The van der Waals surface area contributed by atoms with E-state index in [2.05, 4.69) is 9.72 Å². The summed E-state index contributed by atoms with van der Waals surface area (Å²) in [6, 6.07) is 5.86. The second-order valence-electron chi connectivity index (χ2n) is 3.73. The fraction of sp³-hybridized carbons (Fsp3) is 0.231. The second kappa shape index (κ2) is 5.44. The van der Waals surface area contributed by atoms with E-state index >= 15 is 0 Å². The molecule has 0 amide bonds. The molecule has 0 fully saturated rings. The Hall–Kier alpha value is -2.17. The molecule has 2 aromatic rings. The number of hydrogen-bond acceptors (Lipinski definition) is 4. The van der Waals surface area contributed by atoms with Gasteiger partial charge in [-0.15, -0.1) is 0 Å². The largest absolute Gasteiger partial charge is 0.469 e. The fourth-order valence-corrected chi connectivity index (χ4v) is 1.48. The van der Waals surface area contributed by atoms with Crippen LogP contribution in [0, 0.1) is 5.82 Å². The van der Waals surface area contributed by atoms with Crippen molar-refractivity contribution in [3.05, 3.63) is 42.0 Å². The summed E-state index contributed by atoms with van der Waals surface area (Å²) >= 11 is 0. The van der Waals surface area contributed by atoms with Crippen molar-refractivity contribution in [3.63, 3.8) is 0 Å². The van der Waals surface area contributed by atoms with Gasteiger partial charge in [0, 0.05) is 12.0 Å². The lowest BCUT2D eigenvalue weighted by atomic mass is 10.2. The van der Waals surface area contributed by atoms with E-state index in [0.717, 1.165) is 0 Å². The maximum atomic E-state index is 12.8. The van der Waals surface area contributed by atoms with Crippen molar-refractivity contribution in [1.82, 2.24) is 4.98 Å². The van der Waals surface area contributed by atoms with Crippen LogP contribution in [0.5, 0.6) is 0 Å². The van der Waals surface area contributed by atoms with Crippen LogP contribution in [-0.4, -0.2) is 18.1 Å². The average molecular weight is 249 g/mol. The molecule has 18 heavy (non-hydrogen) atoms. The summed E-state index contributed by atoms with van der Waals surface area (Å²) in [5.74, 6) is -0.188. The molecule has 0 saturated carbocycles. The third kappa shape index (κ3) is 2.94. The van der Waals surface area contributed by atoms with Crippen LogP contribution in [0.4, 0.5) is 4.39 Å². The molecular weight excluding hydrogens is 237 g/mol. The molecule has 1 heterocycles. The Bertz CT molecular complexity index is 533. The van der Waals surface area contributed by atoms with E-state index in [1.807, 2.05) is 0 Å². The number of oxazole rings is 1. The topological polar surface area (TPSA) is 52.3 Å². The number of carbonyl (C=O) groups is 1. The van der Waals surface area contributed by atoms with Crippen molar-refractivity contribution in [1.29, 1.82) is 0 Å². The quantitative estimate of drug-likeness (QED) is 0.781. The molecular formula is C13H12FNO3. The van der Waals surface area contributed by atoms with E-state index in [9.17, 15) is 9.18 Å². The summed E-state index contributed by atoms with van der Waals surface area (Å²) in [6.07, 6.45) is 2.20. The second-order valence-corrected chi connectivity index (χ2v) is 3.73. The first-order valence-corrected chi connectivity index (χ1v) is 5.46. The maximum Gasteiger partial charge on any atom is 0.305 e. The van der Waals surface area contributed by atoms with Gasteiger partial charge < -0.3 is 9.15 Å². The predicted molar refractivity (Wildman–Crippen MR) is 62.2 cm³/mol. The van der Waals surface area contributed by atoms with Crippen LogP contribution >= 0.6 is 0 Å². The van der Waals surface area contributed by atoms with E-state index in [1.165, 1.54) is 25.5 Å². The lowest BCUT2D eigenvalue weighted by Gasteiger charge is -1.95. The van der Waals surface area contributed by atoms with Crippen molar-refractivity contribution in [3.8, 4) is 11.5 Å². The minimum absolute atomic E-state index is 0.256. The molecule has 94 valence electrons. The van der Waals surface area contributed by atoms with Crippen LogP contribution < -0.4 is 0 Å². The van der Waals surface area contributed by atoms with E-state index < -0.39 is 0 Å². The molecule has 0 radical (unpaired) electrons. The summed E-state index contributed by atoms with van der Waals surface area (Å²) in [4.78, 5) is 15.2. The van der Waals surface area contributed by atoms with Crippen molar-refractivity contribution in [2.24, 2.45) is 0 Å². The molecule has 0 aliphatic heterocycles. The number of ether oxygens (including phenoxy) is 1. The van der Waals surface area contributed by atoms with Gasteiger partial charge in [-0.2, -0.15) is 0 Å². The maximum absolute atomic E-state index is 12.8. The Morgan fingerprint density at radius 3 is 2.78 bits per heavy atom. The average Bonchev–Trinajstić information content (AvgIpc) is 2.85. The van der Waals surface area contributed by atoms with Crippen LogP contribution in [0.15, 0.2) is 34.9 Å². The Morgan fingerprint density at radius 2 is 2.11 bits per heavy atom. The summed E-state index contributed by atoms with van der Waals surface area (Å²) < 4.78 is 22.6. The van der Waals surface area contributed by atoms with E-state index in [1.54, 1.807) is 12.1 Å². The molecule has 0 saturated heterocycles. The highest BCUT2D eigenvalue weighted by Gasteiger charge is 2.08. The number of aromatic nitrogens is 1. The molecule has 0 bridgehead atoms. The van der Waals surface area contributed by atoms with Crippen LogP contribution in [0.25, 0.3) is 11.5 Å². The highest BCUT2D eigenvalue weighted by Crippen LogP contribution is 2.19. The number of methoxy groups -OCH3 is 1. The van der Waals surface area contributed by atoms with Gasteiger partial charge in [-0.3, -0.25) is 4.79 Å². The Kier molecular flexibility index (Phi) is 3.72. The Morgan fingerprint density at radius 1 is 1.39 bits per heavy atom. The molecule has 1 aromatic carbocycles. The van der Waals surface area contributed by atoms with Gasteiger partial charge in [-0.25, -0.2) is 9.37 Å². The minimum Gasteiger partial charge on any atom is -0.469 e. The number of halogens is 1. The normalized spacial score (nSPS) is 10.3. The number of hydrogen-bond donors (Lipinski definition) is 0. The molecule has 2 rings (SSSR count). The Balaban J connectivity index is 2.06. The summed E-state index contributed by atoms with van der Waals surface area (Å²) in [7, 11) is 1.34. The predicted octanol–water partition coefficient (Wildman–Crippen LogP) is 2.59. The van der Waals surface area contributed by atoms with Crippen molar-refractivity contribution >= 4 is 5.97 Å². The lowest BCUT2D eigenvalue weighted by Crippen LogP contribution is -2.01. The first-order valence-electron chi connectivity index (χ1n) is 5.46. The molecule has 0 aliphatic rings. The SMILES string of the molecule is COC(=O)CCc1coc(-c2ccc(F)cc2)n1. The van der Waals surface area contributed by atoms with Crippen LogP contribution in [0.1, 0.15) is 12.1 Å². The van der Waals surface area contributed by atoms with Crippen LogP contribution in [0.3, 0.4) is 0 Å². The number of benzene rings is 1. The van der Waals surface area contributed by atoms with Gasteiger partial charge in [0.05, 0.1) is 19.2 Å². The third-order valence-corrected chi connectivity index (χ3v) is 2.46. The molecule has 0 spiro atoms. The monoisotopic (exact) mass is 249 g/mol. The molecule has 0 unspecified atom stereocenters. The van der Waals surface area contributed by atoms with E-state index in [4.69, 9.17) is 4.42 Å². The number of nitrogens with zero attached hydrogens (tertiary/aromatic N) is 1. The number of esters is 1. The highest BCUT2D eigenvalue weighted by molar-refractivity contribution is 5.69. The van der Waals surface area contributed by atoms with Gasteiger partial charge in [0.2, 0.25) is 5.89 Å². The summed E-state index contributed by atoms with van der Waals surface area (Å²) in [5, 5.41) is 0.